The molecule has 0 saturated carbocycles. The average molecular weight is 223 g/mol. The molecular weight excluding hydrogens is 205 g/mol. The van der Waals surface area contributed by atoms with Crippen LogP contribution < -0.4 is 0 Å². The molecule has 0 radical (unpaired) electrons. The zero-order chi connectivity index (χ0) is 11.6. The zero-order valence-electron chi connectivity index (χ0n) is 9.62. The summed E-state index contributed by atoms with van der Waals surface area (Å²) in [7, 11) is 2.06. The van der Waals surface area contributed by atoms with Gasteiger partial charge in [-0.15, -0.1) is 0 Å². The molecule has 1 aromatic carbocycles. The summed E-state index contributed by atoms with van der Waals surface area (Å²) in [6, 6.07) is 6.51. The van der Waals surface area contributed by atoms with Gasteiger partial charge in [-0.25, -0.2) is 4.39 Å². The predicted molar refractivity (Wildman–Crippen MR) is 61.8 cm³/mol. The van der Waals surface area contributed by atoms with E-state index in [9.17, 15) is 9.50 Å². The van der Waals surface area contributed by atoms with Crippen molar-refractivity contribution in [3.8, 4) is 0 Å². The second-order valence-electron chi connectivity index (χ2n) is 4.83. The van der Waals surface area contributed by atoms with Crippen molar-refractivity contribution in [3.05, 3.63) is 35.6 Å². The van der Waals surface area contributed by atoms with Gasteiger partial charge in [-0.2, -0.15) is 0 Å². The summed E-state index contributed by atoms with van der Waals surface area (Å²) in [6.07, 6.45) is 2.08. The minimum atomic E-state index is -0.652. The van der Waals surface area contributed by atoms with Gasteiger partial charge in [0, 0.05) is 19.5 Å². The van der Waals surface area contributed by atoms with E-state index < -0.39 is 5.60 Å². The molecule has 2 rings (SSSR count). The molecule has 0 atom stereocenters. The van der Waals surface area contributed by atoms with Crippen LogP contribution >= 0.6 is 0 Å². The van der Waals surface area contributed by atoms with Gasteiger partial charge in [-0.05, 0) is 37.6 Å². The molecule has 88 valence electrons. The molecule has 1 N–H and O–H groups in total. The van der Waals surface area contributed by atoms with Gasteiger partial charge in [-0.3, -0.25) is 0 Å². The lowest BCUT2D eigenvalue weighted by atomic mass is 9.85. The smallest absolute Gasteiger partial charge is 0.123 e. The summed E-state index contributed by atoms with van der Waals surface area (Å²) in [5.74, 6) is -0.228. The van der Waals surface area contributed by atoms with Crippen molar-refractivity contribution in [1.29, 1.82) is 0 Å². The van der Waals surface area contributed by atoms with Gasteiger partial charge in [0.2, 0.25) is 0 Å². The summed E-state index contributed by atoms with van der Waals surface area (Å²) < 4.78 is 13.0. The van der Waals surface area contributed by atoms with Gasteiger partial charge < -0.3 is 10.0 Å². The normalized spacial score (nSPS) is 20.9. The molecule has 1 aliphatic rings. The fraction of sp³-hybridized carbons (Fsp3) is 0.538. The molecule has 16 heavy (non-hydrogen) atoms. The number of likely N-dealkylation sites (tertiary alicyclic amines) is 1. The van der Waals surface area contributed by atoms with E-state index in [-0.39, 0.29) is 5.82 Å². The first-order valence-corrected chi connectivity index (χ1v) is 5.73. The number of benzene rings is 1. The number of halogens is 1. The van der Waals surface area contributed by atoms with Crippen LogP contribution in [0.3, 0.4) is 0 Å². The van der Waals surface area contributed by atoms with Crippen LogP contribution in [0.4, 0.5) is 4.39 Å². The molecule has 1 aromatic rings. The molecule has 1 saturated heterocycles. The highest BCUT2D eigenvalue weighted by molar-refractivity contribution is 5.18. The number of piperidine rings is 1. The summed E-state index contributed by atoms with van der Waals surface area (Å²) in [4.78, 5) is 2.21. The molecule has 3 heteroatoms. The monoisotopic (exact) mass is 223 g/mol. The Morgan fingerprint density at radius 2 is 2.06 bits per heavy atom. The number of hydrogen-bond acceptors (Lipinski definition) is 2. The molecule has 0 spiro atoms. The van der Waals surface area contributed by atoms with E-state index in [0.29, 0.717) is 6.42 Å². The SMILES string of the molecule is CN1CCC(O)(Cc2cccc(F)c2)CC1. The molecule has 2 nitrogen and oxygen atoms in total. The van der Waals surface area contributed by atoms with E-state index in [1.165, 1.54) is 12.1 Å². The highest BCUT2D eigenvalue weighted by Crippen LogP contribution is 2.25. The van der Waals surface area contributed by atoms with E-state index in [1.54, 1.807) is 6.07 Å². The van der Waals surface area contributed by atoms with Crippen LogP contribution in [0.15, 0.2) is 24.3 Å². The van der Waals surface area contributed by atoms with Gasteiger partial charge in [0.25, 0.3) is 0 Å². The average Bonchev–Trinajstić information content (AvgIpc) is 2.23. The quantitative estimate of drug-likeness (QED) is 0.826. The van der Waals surface area contributed by atoms with Crippen LogP contribution in [0.25, 0.3) is 0 Å². The third kappa shape index (κ3) is 2.80. The Morgan fingerprint density at radius 1 is 1.38 bits per heavy atom. The highest BCUT2D eigenvalue weighted by atomic mass is 19.1. The van der Waals surface area contributed by atoms with Gasteiger partial charge in [0.05, 0.1) is 5.60 Å². The Kier molecular flexibility index (Phi) is 3.26. The van der Waals surface area contributed by atoms with Crippen molar-refractivity contribution >= 4 is 0 Å². The van der Waals surface area contributed by atoms with Crippen LogP contribution in [0.1, 0.15) is 18.4 Å². The molecule has 1 fully saturated rings. The van der Waals surface area contributed by atoms with Crippen LogP contribution in [-0.4, -0.2) is 35.7 Å². The van der Waals surface area contributed by atoms with Gasteiger partial charge >= 0.3 is 0 Å². The fourth-order valence-corrected chi connectivity index (χ4v) is 2.24. The molecular formula is C13H18FNO. The third-order valence-corrected chi connectivity index (χ3v) is 3.34. The van der Waals surface area contributed by atoms with Gasteiger partial charge in [0.15, 0.2) is 0 Å². The van der Waals surface area contributed by atoms with E-state index in [1.807, 2.05) is 6.07 Å². The van der Waals surface area contributed by atoms with E-state index in [2.05, 4.69) is 11.9 Å². The standard InChI is InChI=1S/C13H18FNO/c1-15-7-5-13(16,6-8-15)10-11-3-2-4-12(14)9-11/h2-4,9,16H,5-8,10H2,1H3. The number of aliphatic hydroxyl groups is 1. The van der Waals surface area contributed by atoms with Crippen molar-refractivity contribution < 1.29 is 9.50 Å². The Balaban J connectivity index is 2.03. The maximum atomic E-state index is 13.0. The van der Waals surface area contributed by atoms with Crippen molar-refractivity contribution in [2.24, 2.45) is 0 Å². The van der Waals surface area contributed by atoms with E-state index in [4.69, 9.17) is 0 Å². The maximum absolute atomic E-state index is 13.0. The Hall–Kier alpha value is -0.930. The van der Waals surface area contributed by atoms with Crippen LogP contribution in [-0.2, 0) is 6.42 Å². The van der Waals surface area contributed by atoms with Gasteiger partial charge in [0.1, 0.15) is 5.82 Å². The van der Waals surface area contributed by atoms with Crippen molar-refractivity contribution in [2.75, 3.05) is 20.1 Å². The summed E-state index contributed by atoms with van der Waals surface area (Å²) in [6.45, 7) is 1.82. The number of rotatable bonds is 2. The van der Waals surface area contributed by atoms with Crippen molar-refractivity contribution in [3.63, 3.8) is 0 Å². The first-order valence-electron chi connectivity index (χ1n) is 5.73. The van der Waals surface area contributed by atoms with E-state index >= 15 is 0 Å². The third-order valence-electron chi connectivity index (χ3n) is 3.34. The second-order valence-corrected chi connectivity index (χ2v) is 4.83. The summed E-state index contributed by atoms with van der Waals surface area (Å²) in [5.41, 5.74) is 0.229. The lowest BCUT2D eigenvalue weighted by Gasteiger charge is -2.36. The molecule has 0 aliphatic carbocycles. The topological polar surface area (TPSA) is 23.5 Å². The van der Waals surface area contributed by atoms with Crippen LogP contribution in [0.5, 0.6) is 0 Å². The molecule has 1 aliphatic heterocycles. The summed E-state index contributed by atoms with van der Waals surface area (Å²) >= 11 is 0. The second kappa shape index (κ2) is 4.52. The Morgan fingerprint density at radius 3 is 2.69 bits per heavy atom. The molecule has 0 bridgehead atoms. The van der Waals surface area contributed by atoms with Crippen LogP contribution in [0, 0.1) is 5.82 Å². The minimum absolute atomic E-state index is 0.228. The first-order chi connectivity index (χ1) is 7.57. The molecule has 0 unspecified atom stereocenters. The molecule has 0 amide bonds. The highest BCUT2D eigenvalue weighted by Gasteiger charge is 2.31. The first kappa shape index (κ1) is 11.6. The largest absolute Gasteiger partial charge is 0.389 e. The fourth-order valence-electron chi connectivity index (χ4n) is 2.24. The Bertz CT molecular complexity index is 359. The summed E-state index contributed by atoms with van der Waals surface area (Å²) in [5, 5.41) is 10.4. The lowest BCUT2D eigenvalue weighted by molar-refractivity contribution is -0.0150. The van der Waals surface area contributed by atoms with Gasteiger partial charge in [-0.1, -0.05) is 12.1 Å². The lowest BCUT2D eigenvalue weighted by Crippen LogP contribution is -2.44. The van der Waals surface area contributed by atoms with Crippen molar-refractivity contribution in [2.45, 2.75) is 24.9 Å². The zero-order valence-corrected chi connectivity index (χ0v) is 9.62. The maximum Gasteiger partial charge on any atom is 0.123 e. The number of hydrogen-bond donors (Lipinski definition) is 1. The predicted octanol–water partition coefficient (Wildman–Crippen LogP) is 1.82. The molecule has 0 aromatic heterocycles. The molecule has 1 heterocycles. The van der Waals surface area contributed by atoms with Crippen LogP contribution in [0.2, 0.25) is 0 Å². The Labute approximate surface area is 95.7 Å². The van der Waals surface area contributed by atoms with E-state index in [0.717, 1.165) is 31.5 Å². The van der Waals surface area contributed by atoms with Crippen molar-refractivity contribution in [1.82, 2.24) is 4.90 Å². The number of nitrogens with zero attached hydrogens (tertiary/aromatic N) is 1. The minimum Gasteiger partial charge on any atom is -0.389 e.